The third-order valence-corrected chi connectivity index (χ3v) is 5.18. The first-order chi connectivity index (χ1) is 14.6. The maximum absolute atomic E-state index is 11.7. The SMILES string of the molecule is NC(=O)C(CCCCCn1cnc2c(N)nc3ccccc3c21)Oc1ccccc1. The highest BCUT2D eigenvalue weighted by Crippen LogP contribution is 2.27. The Morgan fingerprint density at radius 3 is 2.60 bits per heavy atom. The van der Waals surface area contributed by atoms with E-state index in [1.165, 1.54) is 0 Å². The highest BCUT2D eigenvalue weighted by molar-refractivity contribution is 6.06. The Hall–Kier alpha value is -3.61. The summed E-state index contributed by atoms with van der Waals surface area (Å²) in [6.45, 7) is 0.810. The number of ether oxygens (including phenoxy) is 1. The van der Waals surface area contributed by atoms with Crippen molar-refractivity contribution in [2.45, 2.75) is 38.3 Å². The van der Waals surface area contributed by atoms with Crippen molar-refractivity contribution in [1.82, 2.24) is 14.5 Å². The molecule has 1 amide bonds. The number of pyridine rings is 1. The quantitative estimate of drug-likeness (QED) is 0.415. The van der Waals surface area contributed by atoms with Gasteiger partial charge in [-0.25, -0.2) is 9.97 Å². The topological polar surface area (TPSA) is 109 Å². The largest absolute Gasteiger partial charge is 0.481 e. The number of primary amides is 1. The molecule has 7 heteroatoms. The average Bonchev–Trinajstić information content (AvgIpc) is 3.18. The molecule has 4 rings (SSSR count). The molecule has 0 aliphatic rings. The van der Waals surface area contributed by atoms with Crippen LogP contribution in [0.2, 0.25) is 0 Å². The number of carbonyl (C=O) groups is 1. The fourth-order valence-corrected chi connectivity index (χ4v) is 3.69. The summed E-state index contributed by atoms with van der Waals surface area (Å²) >= 11 is 0. The fraction of sp³-hybridized carbons (Fsp3) is 0.261. The van der Waals surface area contributed by atoms with Crippen LogP contribution in [0, 0.1) is 0 Å². The summed E-state index contributed by atoms with van der Waals surface area (Å²) in [5.74, 6) is 0.669. The number of aromatic nitrogens is 3. The average molecular weight is 403 g/mol. The van der Waals surface area contributed by atoms with Gasteiger partial charge in [-0.05, 0) is 37.5 Å². The Bertz CT molecular complexity index is 1160. The Labute approximate surface area is 174 Å². The molecule has 0 radical (unpaired) electrons. The van der Waals surface area contributed by atoms with Gasteiger partial charge in [0.2, 0.25) is 0 Å². The van der Waals surface area contributed by atoms with Gasteiger partial charge in [0.25, 0.3) is 5.91 Å². The zero-order chi connectivity index (χ0) is 20.9. The predicted octanol–water partition coefficient (Wildman–Crippen LogP) is 3.66. The summed E-state index contributed by atoms with van der Waals surface area (Å²) in [5, 5.41) is 1.05. The van der Waals surface area contributed by atoms with Crippen molar-refractivity contribution in [3.63, 3.8) is 0 Å². The maximum atomic E-state index is 11.7. The summed E-state index contributed by atoms with van der Waals surface area (Å²) < 4.78 is 7.86. The number of unbranched alkanes of at least 4 members (excludes halogenated alkanes) is 2. The number of imidazole rings is 1. The number of rotatable bonds is 9. The van der Waals surface area contributed by atoms with Gasteiger partial charge >= 0.3 is 0 Å². The summed E-state index contributed by atoms with van der Waals surface area (Å²) in [6, 6.07) is 17.2. The van der Waals surface area contributed by atoms with Gasteiger partial charge in [0.05, 0.1) is 17.4 Å². The first kappa shape index (κ1) is 19.7. The highest BCUT2D eigenvalue weighted by atomic mass is 16.5. The van der Waals surface area contributed by atoms with E-state index in [0.29, 0.717) is 18.0 Å². The third kappa shape index (κ3) is 4.20. The van der Waals surface area contributed by atoms with Gasteiger partial charge in [0.1, 0.15) is 11.3 Å². The van der Waals surface area contributed by atoms with Crippen LogP contribution in [0.15, 0.2) is 60.9 Å². The molecule has 154 valence electrons. The van der Waals surface area contributed by atoms with Gasteiger partial charge in [0, 0.05) is 11.9 Å². The summed E-state index contributed by atoms with van der Waals surface area (Å²) in [5.41, 5.74) is 14.2. The molecule has 0 spiro atoms. The van der Waals surface area contributed by atoms with Crippen molar-refractivity contribution in [2.24, 2.45) is 5.73 Å². The Morgan fingerprint density at radius 2 is 1.80 bits per heavy atom. The Morgan fingerprint density at radius 1 is 1.03 bits per heavy atom. The molecule has 0 aliphatic carbocycles. The lowest BCUT2D eigenvalue weighted by molar-refractivity contribution is -0.125. The van der Waals surface area contributed by atoms with Crippen LogP contribution in [-0.4, -0.2) is 26.5 Å². The van der Waals surface area contributed by atoms with E-state index >= 15 is 0 Å². The second-order valence-electron chi connectivity index (χ2n) is 7.32. The number of aryl methyl sites for hydroxylation is 1. The van der Waals surface area contributed by atoms with E-state index in [2.05, 4.69) is 14.5 Å². The second-order valence-corrected chi connectivity index (χ2v) is 7.32. The highest BCUT2D eigenvalue weighted by Gasteiger charge is 2.17. The molecule has 4 aromatic rings. The lowest BCUT2D eigenvalue weighted by atomic mass is 10.1. The monoisotopic (exact) mass is 403 g/mol. The summed E-state index contributed by atoms with van der Waals surface area (Å²) in [7, 11) is 0. The predicted molar refractivity (Wildman–Crippen MR) is 118 cm³/mol. The molecule has 0 aliphatic heterocycles. The summed E-state index contributed by atoms with van der Waals surface area (Å²) in [6.07, 6.45) is 4.53. The van der Waals surface area contributed by atoms with Crippen molar-refractivity contribution < 1.29 is 9.53 Å². The van der Waals surface area contributed by atoms with Crippen LogP contribution in [-0.2, 0) is 11.3 Å². The van der Waals surface area contributed by atoms with Crippen molar-refractivity contribution in [3.8, 4) is 5.75 Å². The molecule has 2 aromatic carbocycles. The normalized spacial score (nSPS) is 12.3. The number of hydrogen-bond donors (Lipinski definition) is 2. The van der Waals surface area contributed by atoms with Crippen molar-refractivity contribution in [2.75, 3.05) is 5.73 Å². The molecule has 0 saturated carbocycles. The third-order valence-electron chi connectivity index (χ3n) is 5.18. The van der Waals surface area contributed by atoms with Gasteiger partial charge in [-0.3, -0.25) is 4.79 Å². The molecule has 0 fully saturated rings. The number of para-hydroxylation sites is 2. The minimum absolute atomic E-state index is 0.436. The number of nitrogens with zero attached hydrogens (tertiary/aromatic N) is 3. The van der Waals surface area contributed by atoms with Crippen molar-refractivity contribution >= 4 is 33.7 Å². The van der Waals surface area contributed by atoms with Crippen molar-refractivity contribution in [1.29, 1.82) is 0 Å². The van der Waals surface area contributed by atoms with E-state index in [1.54, 1.807) is 0 Å². The van der Waals surface area contributed by atoms with Crippen LogP contribution in [0.4, 0.5) is 5.82 Å². The van der Waals surface area contributed by atoms with E-state index in [0.717, 1.165) is 47.7 Å². The minimum Gasteiger partial charge on any atom is -0.481 e. The van der Waals surface area contributed by atoms with Gasteiger partial charge in [-0.15, -0.1) is 0 Å². The van der Waals surface area contributed by atoms with Crippen LogP contribution in [0.5, 0.6) is 5.75 Å². The second kappa shape index (κ2) is 8.82. The van der Waals surface area contributed by atoms with E-state index < -0.39 is 12.0 Å². The van der Waals surface area contributed by atoms with Gasteiger partial charge in [0.15, 0.2) is 11.9 Å². The fourth-order valence-electron chi connectivity index (χ4n) is 3.69. The smallest absolute Gasteiger partial charge is 0.258 e. The lowest BCUT2D eigenvalue weighted by Crippen LogP contribution is -2.33. The molecular weight excluding hydrogens is 378 g/mol. The zero-order valence-electron chi connectivity index (χ0n) is 16.7. The molecule has 2 heterocycles. The number of nitrogens with two attached hydrogens (primary N) is 2. The molecular formula is C23H25N5O2. The molecule has 7 nitrogen and oxygen atoms in total. The van der Waals surface area contributed by atoms with E-state index in [-0.39, 0.29) is 0 Å². The van der Waals surface area contributed by atoms with E-state index in [4.69, 9.17) is 16.2 Å². The molecule has 1 atom stereocenters. The number of benzene rings is 2. The van der Waals surface area contributed by atoms with Gasteiger partial charge < -0.3 is 20.8 Å². The minimum atomic E-state index is -0.615. The number of anilines is 1. The maximum Gasteiger partial charge on any atom is 0.258 e. The Kier molecular flexibility index (Phi) is 5.79. The number of hydrogen-bond acceptors (Lipinski definition) is 5. The molecule has 0 bridgehead atoms. The van der Waals surface area contributed by atoms with Crippen LogP contribution >= 0.6 is 0 Å². The zero-order valence-corrected chi connectivity index (χ0v) is 16.7. The van der Waals surface area contributed by atoms with Gasteiger partial charge in [-0.1, -0.05) is 42.8 Å². The molecule has 0 saturated heterocycles. The van der Waals surface area contributed by atoms with Crippen molar-refractivity contribution in [3.05, 3.63) is 60.9 Å². The molecule has 30 heavy (non-hydrogen) atoms. The van der Waals surface area contributed by atoms with Crippen LogP contribution < -0.4 is 16.2 Å². The first-order valence-electron chi connectivity index (χ1n) is 10.1. The molecule has 1 unspecified atom stereocenters. The molecule has 2 aromatic heterocycles. The Balaban J connectivity index is 1.36. The van der Waals surface area contributed by atoms with E-state index in [9.17, 15) is 4.79 Å². The number of amides is 1. The van der Waals surface area contributed by atoms with E-state index in [1.807, 2.05) is 60.9 Å². The lowest BCUT2D eigenvalue weighted by Gasteiger charge is -2.16. The van der Waals surface area contributed by atoms with Crippen LogP contribution in [0.3, 0.4) is 0 Å². The standard InChI is InChI=1S/C23H25N5O2/c24-22-20-21(17-11-6-7-12-18(17)27-22)28(15-26-20)14-8-2-5-13-19(23(25)29)30-16-9-3-1-4-10-16/h1,3-4,6-7,9-12,15,19H,2,5,8,13-14H2,(H2,24,27)(H2,25,29). The number of fused-ring (bicyclic) bond motifs is 3. The van der Waals surface area contributed by atoms with Crippen LogP contribution in [0.1, 0.15) is 25.7 Å². The molecule has 4 N–H and O–H groups in total. The van der Waals surface area contributed by atoms with Crippen LogP contribution in [0.25, 0.3) is 21.9 Å². The van der Waals surface area contributed by atoms with Gasteiger partial charge in [-0.2, -0.15) is 0 Å². The first-order valence-corrected chi connectivity index (χ1v) is 10.1. The number of nitrogen functional groups attached to an aromatic ring is 1. The summed E-state index contributed by atoms with van der Waals surface area (Å²) in [4.78, 5) is 20.6. The number of carbonyl (C=O) groups excluding carboxylic acids is 1.